The molecule has 10 heteroatoms. The number of carbonyl (C=O) groups excluding carboxylic acids is 2. The summed E-state index contributed by atoms with van der Waals surface area (Å²) in [7, 11) is 0. The van der Waals surface area contributed by atoms with Gasteiger partial charge in [0.15, 0.2) is 0 Å². The number of aryl methyl sites for hydroxylation is 4. The van der Waals surface area contributed by atoms with Gasteiger partial charge in [-0.15, -0.1) is 0 Å². The highest BCUT2D eigenvalue weighted by Gasteiger charge is 2.25. The van der Waals surface area contributed by atoms with Crippen molar-refractivity contribution in [2.45, 2.75) is 46.6 Å². The first-order chi connectivity index (χ1) is 19.0. The summed E-state index contributed by atoms with van der Waals surface area (Å²) >= 11 is 0. The summed E-state index contributed by atoms with van der Waals surface area (Å²) in [5, 5.41) is 16.5. The highest BCUT2D eigenvalue weighted by molar-refractivity contribution is 6.00. The lowest BCUT2D eigenvalue weighted by Crippen LogP contribution is -2.49. The van der Waals surface area contributed by atoms with Crippen molar-refractivity contribution in [2.24, 2.45) is 0 Å². The van der Waals surface area contributed by atoms with Crippen molar-refractivity contribution in [3.8, 4) is 0 Å². The molecule has 1 atom stereocenters. The molecule has 40 heavy (non-hydrogen) atoms. The van der Waals surface area contributed by atoms with Crippen LogP contribution in [0.2, 0.25) is 0 Å². The molecular formula is C30H29N3O7. The zero-order valence-corrected chi connectivity index (χ0v) is 22.6. The number of aliphatic carboxylic acids is 1. The average Bonchev–Trinajstić information content (AvgIpc) is 3.46. The molecule has 3 heterocycles. The maximum Gasteiger partial charge on any atom is 0.340 e. The summed E-state index contributed by atoms with van der Waals surface area (Å²) in [4.78, 5) is 53.3. The van der Waals surface area contributed by atoms with E-state index in [1.165, 1.54) is 0 Å². The Labute approximate surface area is 228 Å². The fourth-order valence-corrected chi connectivity index (χ4v) is 5.12. The first kappa shape index (κ1) is 26.7. The molecule has 0 fully saturated rings. The van der Waals surface area contributed by atoms with Gasteiger partial charge in [0, 0.05) is 39.9 Å². The number of nitrogens with one attached hydrogen (secondary N) is 3. The Morgan fingerprint density at radius 2 is 1.65 bits per heavy atom. The van der Waals surface area contributed by atoms with Crippen LogP contribution in [0.3, 0.4) is 0 Å². The highest BCUT2D eigenvalue weighted by atomic mass is 16.4. The predicted octanol–water partition coefficient (Wildman–Crippen LogP) is 3.72. The topological polar surface area (TPSA) is 155 Å². The number of H-pyrrole nitrogens is 1. The molecular weight excluding hydrogens is 514 g/mol. The molecule has 0 saturated carbocycles. The maximum atomic E-state index is 13.2. The zero-order chi connectivity index (χ0) is 28.7. The van der Waals surface area contributed by atoms with Gasteiger partial charge in [-0.2, -0.15) is 0 Å². The van der Waals surface area contributed by atoms with Gasteiger partial charge in [0.2, 0.25) is 11.8 Å². The fourth-order valence-electron chi connectivity index (χ4n) is 5.12. The first-order valence-electron chi connectivity index (χ1n) is 12.8. The molecule has 10 nitrogen and oxygen atoms in total. The Bertz CT molecular complexity index is 1880. The van der Waals surface area contributed by atoms with Gasteiger partial charge in [-0.05, 0) is 56.5 Å². The van der Waals surface area contributed by atoms with Crippen LogP contribution in [0, 0.1) is 27.7 Å². The number of carboxylic acids is 1. The van der Waals surface area contributed by atoms with Crippen LogP contribution in [0.25, 0.3) is 32.8 Å². The van der Waals surface area contributed by atoms with Gasteiger partial charge in [-0.25, -0.2) is 4.79 Å². The molecule has 5 aromatic rings. The maximum absolute atomic E-state index is 13.2. The minimum atomic E-state index is -1.21. The van der Waals surface area contributed by atoms with Crippen LogP contribution in [0.5, 0.6) is 0 Å². The number of aromatic nitrogens is 1. The van der Waals surface area contributed by atoms with Gasteiger partial charge in [-0.3, -0.25) is 14.4 Å². The van der Waals surface area contributed by atoms with Crippen LogP contribution in [0.1, 0.15) is 33.6 Å². The third-order valence-electron chi connectivity index (χ3n) is 7.45. The van der Waals surface area contributed by atoms with E-state index in [2.05, 4.69) is 15.6 Å². The number of para-hydroxylation sites is 1. The lowest BCUT2D eigenvalue weighted by atomic mass is 9.98. The third-order valence-corrected chi connectivity index (χ3v) is 7.45. The van der Waals surface area contributed by atoms with E-state index < -0.39 is 36.0 Å². The molecule has 0 bridgehead atoms. The van der Waals surface area contributed by atoms with Crippen LogP contribution in [0.15, 0.2) is 50.2 Å². The summed E-state index contributed by atoms with van der Waals surface area (Å²) in [5.74, 6) is -1.65. The van der Waals surface area contributed by atoms with Crippen molar-refractivity contribution in [3.63, 3.8) is 0 Å². The zero-order valence-electron chi connectivity index (χ0n) is 22.6. The molecule has 0 unspecified atom stereocenters. The molecule has 0 aliphatic heterocycles. The molecule has 0 saturated heterocycles. The molecule has 0 aliphatic rings. The van der Waals surface area contributed by atoms with Gasteiger partial charge < -0.3 is 29.6 Å². The number of aromatic amines is 1. The summed E-state index contributed by atoms with van der Waals surface area (Å²) in [6.07, 6.45) is 1.54. The van der Waals surface area contributed by atoms with Crippen LogP contribution >= 0.6 is 0 Å². The molecule has 0 aliphatic carbocycles. The molecule has 2 aromatic carbocycles. The van der Waals surface area contributed by atoms with E-state index in [1.807, 2.05) is 51.1 Å². The number of rotatable bonds is 8. The molecule has 206 valence electrons. The Balaban J connectivity index is 1.45. The van der Waals surface area contributed by atoms with Crippen LogP contribution in [-0.4, -0.2) is 40.5 Å². The van der Waals surface area contributed by atoms with Crippen LogP contribution < -0.4 is 16.3 Å². The third kappa shape index (κ3) is 4.84. The normalized spacial score (nSPS) is 12.2. The largest absolute Gasteiger partial charge is 0.480 e. The monoisotopic (exact) mass is 543 g/mol. The van der Waals surface area contributed by atoms with Crippen molar-refractivity contribution in [2.75, 3.05) is 6.54 Å². The lowest BCUT2D eigenvalue weighted by Gasteiger charge is -2.18. The van der Waals surface area contributed by atoms with E-state index in [0.717, 1.165) is 33.2 Å². The van der Waals surface area contributed by atoms with Gasteiger partial charge in [-0.1, -0.05) is 18.2 Å². The van der Waals surface area contributed by atoms with E-state index in [0.29, 0.717) is 27.7 Å². The molecule has 3 aromatic heterocycles. The number of amides is 2. The standard InChI is InChI=1S/C30H29N3O7/c1-14-17(4)39-27-16(3)28-21(10-20(14)27)15(2)22(30(38)40-28)11-25(34)33-24(29(37)32-13-26(35)36)9-18-12-31-23-8-6-5-7-19(18)23/h5-8,10,12,24,31H,9,11,13H2,1-4H3,(H,32,37)(H,33,34)(H,35,36)/t24-/m1/s1. The number of carboxylic acid groups (broad SMARTS) is 1. The molecule has 2 amide bonds. The molecule has 4 N–H and O–H groups in total. The van der Waals surface area contributed by atoms with Crippen molar-refractivity contribution < 1.29 is 28.3 Å². The Morgan fingerprint density at radius 3 is 2.40 bits per heavy atom. The number of benzene rings is 2. The quantitative estimate of drug-likeness (QED) is 0.217. The summed E-state index contributed by atoms with van der Waals surface area (Å²) in [5.41, 5.74) is 4.52. The fraction of sp³-hybridized carbons (Fsp3) is 0.267. The Morgan fingerprint density at radius 1 is 0.950 bits per heavy atom. The minimum absolute atomic E-state index is 0.114. The van der Waals surface area contributed by atoms with Crippen molar-refractivity contribution in [3.05, 3.63) is 80.5 Å². The van der Waals surface area contributed by atoms with Crippen molar-refractivity contribution in [1.29, 1.82) is 0 Å². The number of hydrogen-bond acceptors (Lipinski definition) is 6. The highest BCUT2D eigenvalue weighted by Crippen LogP contribution is 2.34. The second-order valence-corrected chi connectivity index (χ2v) is 10.0. The SMILES string of the molecule is Cc1oc2c(C)c3oc(=O)c(CC(=O)N[C@H](Cc4c[nH]c5ccccc45)C(=O)NCC(=O)O)c(C)c3cc2c1C. The smallest absolute Gasteiger partial charge is 0.340 e. The van der Waals surface area contributed by atoms with Crippen LogP contribution in [0.4, 0.5) is 0 Å². The van der Waals surface area contributed by atoms with E-state index >= 15 is 0 Å². The van der Waals surface area contributed by atoms with Gasteiger partial charge >= 0.3 is 11.6 Å². The van der Waals surface area contributed by atoms with Crippen molar-refractivity contribution >= 4 is 50.6 Å². The number of carbonyl (C=O) groups is 3. The van der Waals surface area contributed by atoms with E-state index in [4.69, 9.17) is 13.9 Å². The van der Waals surface area contributed by atoms with E-state index in [9.17, 15) is 19.2 Å². The predicted molar refractivity (Wildman–Crippen MR) is 149 cm³/mol. The summed E-state index contributed by atoms with van der Waals surface area (Å²) in [6.45, 7) is 6.83. The molecule has 0 radical (unpaired) electrons. The van der Waals surface area contributed by atoms with Gasteiger partial charge in [0.1, 0.15) is 29.5 Å². The lowest BCUT2D eigenvalue weighted by molar-refractivity contribution is -0.138. The number of fused-ring (bicyclic) bond motifs is 3. The van der Waals surface area contributed by atoms with Crippen molar-refractivity contribution in [1.82, 2.24) is 15.6 Å². The number of furan rings is 1. The second kappa shape index (κ2) is 10.4. The van der Waals surface area contributed by atoms with Crippen LogP contribution in [-0.2, 0) is 27.2 Å². The summed E-state index contributed by atoms with van der Waals surface area (Å²) < 4.78 is 11.5. The Hall–Kier alpha value is -4.86. The van der Waals surface area contributed by atoms with Gasteiger partial charge in [0.25, 0.3) is 0 Å². The molecule has 0 spiro atoms. The number of hydrogen-bond donors (Lipinski definition) is 4. The van der Waals surface area contributed by atoms with E-state index in [1.54, 1.807) is 13.1 Å². The van der Waals surface area contributed by atoms with E-state index in [-0.39, 0.29) is 18.4 Å². The second-order valence-electron chi connectivity index (χ2n) is 10.0. The molecule has 5 rings (SSSR count). The Kier molecular flexibility index (Phi) is 6.93. The minimum Gasteiger partial charge on any atom is -0.480 e. The average molecular weight is 544 g/mol. The first-order valence-corrected chi connectivity index (χ1v) is 12.8. The van der Waals surface area contributed by atoms with Gasteiger partial charge in [0.05, 0.1) is 12.0 Å². The summed E-state index contributed by atoms with van der Waals surface area (Å²) in [6, 6.07) is 8.35.